The molecule has 1 aromatic rings. The maximum atomic E-state index is 10.3. The monoisotopic (exact) mass is 302 g/mol. The first kappa shape index (κ1) is 15.9. The summed E-state index contributed by atoms with van der Waals surface area (Å²) in [4.78, 5) is 0. The maximum Gasteiger partial charge on any atom is 0.0934 e. The van der Waals surface area contributed by atoms with Gasteiger partial charge < -0.3 is 9.52 Å². The van der Waals surface area contributed by atoms with Crippen LogP contribution in [0.2, 0.25) is 0 Å². The second-order valence-electron chi connectivity index (χ2n) is 8.17. The number of hydrogen-bond donors (Lipinski definition) is 1. The van der Waals surface area contributed by atoms with Crippen LogP contribution in [0.5, 0.6) is 0 Å². The zero-order valence-corrected chi connectivity index (χ0v) is 14.3. The number of hydrogen-bond acceptors (Lipinski definition) is 2. The van der Waals surface area contributed by atoms with E-state index in [1.54, 1.807) is 6.26 Å². The second-order valence-corrected chi connectivity index (χ2v) is 8.17. The molecular formula is C20H30O2. The van der Waals surface area contributed by atoms with Crippen molar-refractivity contribution < 1.29 is 9.52 Å². The topological polar surface area (TPSA) is 33.4 Å². The van der Waals surface area contributed by atoms with E-state index < -0.39 is 0 Å². The van der Waals surface area contributed by atoms with Crippen LogP contribution >= 0.6 is 0 Å². The molecular weight excluding hydrogens is 272 g/mol. The molecule has 2 saturated carbocycles. The summed E-state index contributed by atoms with van der Waals surface area (Å²) in [5, 5.41) is 10.3. The SMILES string of the molecule is C=C1[C@H](O)CC[C@@H]2[C@@](C)(CCc3ccoc3)[C@H](C)CC[C@@]12C. The molecule has 1 N–H and O–H groups in total. The van der Waals surface area contributed by atoms with Crippen molar-refractivity contribution in [2.75, 3.05) is 0 Å². The number of aliphatic hydroxyl groups is 1. The lowest BCUT2D eigenvalue weighted by atomic mass is 9.46. The van der Waals surface area contributed by atoms with Crippen molar-refractivity contribution in [3.05, 3.63) is 36.3 Å². The summed E-state index contributed by atoms with van der Waals surface area (Å²) in [5.74, 6) is 1.35. The lowest BCUT2D eigenvalue weighted by Crippen LogP contribution is -2.52. The van der Waals surface area contributed by atoms with Gasteiger partial charge >= 0.3 is 0 Å². The molecule has 2 nitrogen and oxygen atoms in total. The van der Waals surface area contributed by atoms with E-state index in [4.69, 9.17) is 4.42 Å². The largest absolute Gasteiger partial charge is 0.472 e. The normalized spacial score (nSPS) is 42.2. The molecule has 0 aromatic carbocycles. The Hall–Kier alpha value is -1.02. The molecule has 2 heteroatoms. The Morgan fingerprint density at radius 1 is 1.32 bits per heavy atom. The fourth-order valence-electron chi connectivity index (χ4n) is 5.27. The average Bonchev–Trinajstić information content (AvgIpc) is 3.00. The van der Waals surface area contributed by atoms with Crippen molar-refractivity contribution in [3.8, 4) is 0 Å². The Balaban J connectivity index is 1.85. The summed E-state index contributed by atoms with van der Waals surface area (Å²) in [6.07, 6.45) is 10.0. The smallest absolute Gasteiger partial charge is 0.0934 e. The van der Waals surface area contributed by atoms with E-state index in [9.17, 15) is 5.11 Å². The third-order valence-corrected chi connectivity index (χ3v) is 7.18. The van der Waals surface area contributed by atoms with Crippen LogP contribution in [0.3, 0.4) is 0 Å². The van der Waals surface area contributed by atoms with Crippen LogP contribution in [-0.4, -0.2) is 11.2 Å². The van der Waals surface area contributed by atoms with Gasteiger partial charge in [0.1, 0.15) is 0 Å². The van der Waals surface area contributed by atoms with E-state index in [0.29, 0.717) is 11.3 Å². The highest BCUT2D eigenvalue weighted by Crippen LogP contribution is 2.62. The first-order valence-electron chi connectivity index (χ1n) is 8.76. The zero-order valence-electron chi connectivity index (χ0n) is 14.3. The fourth-order valence-corrected chi connectivity index (χ4v) is 5.27. The van der Waals surface area contributed by atoms with Crippen LogP contribution < -0.4 is 0 Å². The maximum absolute atomic E-state index is 10.3. The Labute approximate surface area is 134 Å². The van der Waals surface area contributed by atoms with Gasteiger partial charge in [0.15, 0.2) is 0 Å². The predicted molar refractivity (Wildman–Crippen MR) is 89.5 cm³/mol. The quantitative estimate of drug-likeness (QED) is 0.799. The molecule has 5 atom stereocenters. The van der Waals surface area contributed by atoms with Gasteiger partial charge in [-0.1, -0.05) is 27.4 Å². The van der Waals surface area contributed by atoms with Gasteiger partial charge in [-0.25, -0.2) is 0 Å². The summed E-state index contributed by atoms with van der Waals surface area (Å²) < 4.78 is 5.22. The van der Waals surface area contributed by atoms with Gasteiger partial charge in [-0.3, -0.25) is 0 Å². The van der Waals surface area contributed by atoms with E-state index in [2.05, 4.69) is 33.4 Å². The van der Waals surface area contributed by atoms with Gasteiger partial charge in [-0.2, -0.15) is 0 Å². The Kier molecular flexibility index (Phi) is 4.01. The molecule has 0 radical (unpaired) electrons. The van der Waals surface area contributed by atoms with Crippen LogP contribution in [0, 0.1) is 22.7 Å². The van der Waals surface area contributed by atoms with Gasteiger partial charge in [-0.15, -0.1) is 0 Å². The second kappa shape index (κ2) is 5.56. The Bertz CT molecular complexity index is 532. The summed E-state index contributed by atoms with van der Waals surface area (Å²) >= 11 is 0. The summed E-state index contributed by atoms with van der Waals surface area (Å²) in [6, 6.07) is 2.08. The first-order valence-corrected chi connectivity index (χ1v) is 8.76. The molecule has 0 saturated heterocycles. The molecule has 22 heavy (non-hydrogen) atoms. The summed E-state index contributed by atoms with van der Waals surface area (Å²) in [6.45, 7) is 11.5. The standard InChI is InChI=1S/C20H30O2/c1-14-7-10-20(4)15(2)17(21)5-6-18(20)19(14,3)11-8-16-9-12-22-13-16/h9,12-14,17-18,21H,2,5-8,10-11H2,1,3-4H3/t14-,17-,18-,19+,20+/m1/s1. The first-order chi connectivity index (χ1) is 10.4. The van der Waals surface area contributed by atoms with Gasteiger partial charge in [0.05, 0.1) is 18.6 Å². The van der Waals surface area contributed by atoms with Crippen molar-refractivity contribution in [2.24, 2.45) is 22.7 Å². The van der Waals surface area contributed by atoms with Gasteiger partial charge in [0.2, 0.25) is 0 Å². The van der Waals surface area contributed by atoms with Crippen LogP contribution in [0.15, 0.2) is 35.2 Å². The van der Waals surface area contributed by atoms with Gasteiger partial charge in [0, 0.05) is 0 Å². The third kappa shape index (κ3) is 2.36. The highest BCUT2D eigenvalue weighted by atomic mass is 16.3. The molecule has 2 fully saturated rings. The van der Waals surface area contributed by atoms with Crippen LogP contribution in [-0.2, 0) is 6.42 Å². The van der Waals surface area contributed by atoms with Crippen LogP contribution in [0.1, 0.15) is 58.4 Å². The van der Waals surface area contributed by atoms with E-state index in [0.717, 1.165) is 30.8 Å². The van der Waals surface area contributed by atoms with Crippen molar-refractivity contribution in [1.82, 2.24) is 0 Å². The molecule has 0 amide bonds. The van der Waals surface area contributed by atoms with E-state index >= 15 is 0 Å². The van der Waals surface area contributed by atoms with E-state index in [1.807, 2.05) is 6.26 Å². The minimum absolute atomic E-state index is 0.106. The van der Waals surface area contributed by atoms with Gasteiger partial charge in [-0.05, 0) is 78.4 Å². The lowest BCUT2D eigenvalue weighted by Gasteiger charge is -2.59. The number of rotatable bonds is 3. The third-order valence-electron chi connectivity index (χ3n) is 7.18. The molecule has 0 unspecified atom stereocenters. The molecule has 2 aliphatic carbocycles. The molecule has 0 aliphatic heterocycles. The lowest BCUT2D eigenvalue weighted by molar-refractivity contribution is -0.0731. The Morgan fingerprint density at radius 2 is 2.09 bits per heavy atom. The van der Waals surface area contributed by atoms with E-state index in [-0.39, 0.29) is 11.5 Å². The molecule has 2 aliphatic rings. The molecule has 1 heterocycles. The van der Waals surface area contributed by atoms with Crippen LogP contribution in [0.25, 0.3) is 0 Å². The van der Waals surface area contributed by atoms with Crippen molar-refractivity contribution in [3.63, 3.8) is 0 Å². The average molecular weight is 302 g/mol. The zero-order chi connectivity index (χ0) is 16.0. The molecule has 0 spiro atoms. The number of fused-ring (bicyclic) bond motifs is 1. The molecule has 122 valence electrons. The molecule has 1 aromatic heterocycles. The minimum atomic E-state index is -0.298. The van der Waals surface area contributed by atoms with Crippen molar-refractivity contribution in [2.45, 2.75) is 65.4 Å². The summed E-state index contributed by atoms with van der Waals surface area (Å²) in [7, 11) is 0. The number of furan rings is 1. The van der Waals surface area contributed by atoms with Crippen molar-refractivity contribution in [1.29, 1.82) is 0 Å². The van der Waals surface area contributed by atoms with Crippen LogP contribution in [0.4, 0.5) is 0 Å². The predicted octanol–water partition coefficient (Wildman–Crippen LogP) is 4.98. The molecule has 3 rings (SSSR count). The molecule has 0 bridgehead atoms. The highest BCUT2D eigenvalue weighted by Gasteiger charge is 2.55. The summed E-state index contributed by atoms with van der Waals surface area (Å²) in [5.41, 5.74) is 2.81. The van der Waals surface area contributed by atoms with Crippen molar-refractivity contribution >= 4 is 0 Å². The fraction of sp³-hybridized carbons (Fsp3) is 0.700. The highest BCUT2D eigenvalue weighted by molar-refractivity contribution is 5.23. The minimum Gasteiger partial charge on any atom is -0.472 e. The van der Waals surface area contributed by atoms with Gasteiger partial charge in [0.25, 0.3) is 0 Å². The van der Waals surface area contributed by atoms with E-state index in [1.165, 1.54) is 24.8 Å². The Morgan fingerprint density at radius 3 is 2.77 bits per heavy atom. The number of aryl methyl sites for hydroxylation is 1. The number of aliphatic hydroxyl groups excluding tert-OH is 1.